The maximum absolute atomic E-state index is 8.60. The SMILES string of the molecule is NN1CCOC(CO)C1. The van der Waals surface area contributed by atoms with Crippen molar-refractivity contribution in [2.24, 2.45) is 5.84 Å². The first kappa shape index (κ1) is 6.95. The van der Waals surface area contributed by atoms with Crippen LogP contribution in [0.15, 0.2) is 0 Å². The largest absolute Gasteiger partial charge is 0.394 e. The van der Waals surface area contributed by atoms with E-state index in [1.807, 2.05) is 0 Å². The van der Waals surface area contributed by atoms with Gasteiger partial charge in [-0.1, -0.05) is 0 Å². The fourth-order valence-electron chi connectivity index (χ4n) is 0.853. The molecule has 4 heteroatoms. The van der Waals surface area contributed by atoms with Gasteiger partial charge in [-0.15, -0.1) is 0 Å². The number of hydrogen-bond acceptors (Lipinski definition) is 4. The lowest BCUT2D eigenvalue weighted by atomic mass is 10.3. The first-order valence-electron chi connectivity index (χ1n) is 3.05. The van der Waals surface area contributed by atoms with E-state index in [-0.39, 0.29) is 12.7 Å². The van der Waals surface area contributed by atoms with Gasteiger partial charge in [-0.2, -0.15) is 0 Å². The molecule has 0 radical (unpaired) electrons. The van der Waals surface area contributed by atoms with Crippen LogP contribution < -0.4 is 5.84 Å². The van der Waals surface area contributed by atoms with Crippen molar-refractivity contribution >= 4 is 0 Å². The van der Waals surface area contributed by atoms with E-state index in [0.717, 1.165) is 6.54 Å². The van der Waals surface area contributed by atoms with E-state index < -0.39 is 0 Å². The Labute approximate surface area is 54.2 Å². The number of hydrogen-bond donors (Lipinski definition) is 2. The van der Waals surface area contributed by atoms with Gasteiger partial charge in [-0.3, -0.25) is 5.84 Å². The van der Waals surface area contributed by atoms with E-state index >= 15 is 0 Å². The number of aliphatic hydroxyl groups is 1. The molecule has 1 heterocycles. The molecule has 0 amide bonds. The van der Waals surface area contributed by atoms with Gasteiger partial charge in [0.25, 0.3) is 0 Å². The zero-order chi connectivity index (χ0) is 6.69. The standard InChI is InChI=1S/C5H12N2O2/c6-7-1-2-9-5(3-7)4-8/h5,8H,1-4,6H2. The molecule has 0 bridgehead atoms. The molecule has 9 heavy (non-hydrogen) atoms. The molecular formula is C5H12N2O2. The van der Waals surface area contributed by atoms with Crippen molar-refractivity contribution in [3.8, 4) is 0 Å². The summed E-state index contributed by atoms with van der Waals surface area (Å²) in [7, 11) is 0. The van der Waals surface area contributed by atoms with Crippen LogP contribution in [0.4, 0.5) is 0 Å². The second-order valence-electron chi connectivity index (χ2n) is 2.17. The lowest BCUT2D eigenvalue weighted by molar-refractivity contribution is -0.0531. The highest BCUT2D eigenvalue weighted by atomic mass is 16.5. The Balaban J connectivity index is 2.23. The van der Waals surface area contributed by atoms with Crippen LogP contribution >= 0.6 is 0 Å². The number of morpholine rings is 1. The molecule has 0 aliphatic carbocycles. The summed E-state index contributed by atoms with van der Waals surface area (Å²) in [5, 5.41) is 10.3. The summed E-state index contributed by atoms with van der Waals surface area (Å²) in [6.07, 6.45) is -0.0799. The van der Waals surface area contributed by atoms with Crippen LogP contribution in [0.1, 0.15) is 0 Å². The van der Waals surface area contributed by atoms with E-state index in [0.29, 0.717) is 13.2 Å². The molecule has 1 fully saturated rings. The predicted molar refractivity (Wildman–Crippen MR) is 32.6 cm³/mol. The van der Waals surface area contributed by atoms with Gasteiger partial charge < -0.3 is 9.84 Å². The van der Waals surface area contributed by atoms with E-state index in [1.54, 1.807) is 5.01 Å². The summed E-state index contributed by atoms with van der Waals surface area (Å²) in [6.45, 7) is 2.09. The van der Waals surface area contributed by atoms with Crippen molar-refractivity contribution in [3.63, 3.8) is 0 Å². The number of nitrogens with two attached hydrogens (primary N) is 1. The third-order valence-electron chi connectivity index (χ3n) is 1.37. The Hall–Kier alpha value is -0.160. The van der Waals surface area contributed by atoms with Crippen LogP contribution in [-0.4, -0.2) is 42.5 Å². The molecule has 0 spiro atoms. The highest BCUT2D eigenvalue weighted by Gasteiger charge is 2.16. The lowest BCUT2D eigenvalue weighted by Crippen LogP contribution is -2.47. The predicted octanol–water partition coefficient (Wildman–Crippen LogP) is -1.45. The molecule has 4 nitrogen and oxygen atoms in total. The summed E-state index contributed by atoms with van der Waals surface area (Å²) in [5.74, 6) is 5.44. The molecule has 0 saturated carbocycles. The lowest BCUT2D eigenvalue weighted by Gasteiger charge is -2.27. The van der Waals surface area contributed by atoms with Crippen molar-refractivity contribution in [1.82, 2.24) is 5.01 Å². The van der Waals surface area contributed by atoms with Gasteiger partial charge in [0.15, 0.2) is 0 Å². The molecule has 0 aromatic carbocycles. The number of hydrazine groups is 1. The van der Waals surface area contributed by atoms with Crippen LogP contribution in [0, 0.1) is 0 Å². The summed E-state index contributed by atoms with van der Waals surface area (Å²) in [6, 6.07) is 0. The van der Waals surface area contributed by atoms with Crippen LogP contribution in [-0.2, 0) is 4.74 Å². The summed E-state index contributed by atoms with van der Waals surface area (Å²) in [4.78, 5) is 0. The van der Waals surface area contributed by atoms with Gasteiger partial charge in [-0.25, -0.2) is 5.01 Å². The van der Waals surface area contributed by atoms with E-state index in [9.17, 15) is 0 Å². The average molecular weight is 132 g/mol. The van der Waals surface area contributed by atoms with Crippen molar-refractivity contribution in [1.29, 1.82) is 0 Å². The number of ether oxygens (including phenoxy) is 1. The minimum absolute atomic E-state index is 0.0632. The normalized spacial score (nSPS) is 30.7. The topological polar surface area (TPSA) is 58.7 Å². The highest BCUT2D eigenvalue weighted by Crippen LogP contribution is 1.98. The smallest absolute Gasteiger partial charge is 0.0946 e. The van der Waals surface area contributed by atoms with E-state index in [2.05, 4.69) is 0 Å². The fraction of sp³-hybridized carbons (Fsp3) is 1.00. The number of nitrogens with zero attached hydrogens (tertiary/aromatic N) is 1. The van der Waals surface area contributed by atoms with Gasteiger partial charge in [0.1, 0.15) is 0 Å². The monoisotopic (exact) mass is 132 g/mol. The first-order valence-corrected chi connectivity index (χ1v) is 3.05. The first-order chi connectivity index (χ1) is 4.33. The molecule has 1 atom stereocenters. The van der Waals surface area contributed by atoms with Gasteiger partial charge >= 0.3 is 0 Å². The molecule has 1 saturated heterocycles. The molecule has 1 unspecified atom stereocenters. The Morgan fingerprint density at radius 2 is 2.56 bits per heavy atom. The molecule has 1 aliphatic heterocycles. The highest BCUT2D eigenvalue weighted by molar-refractivity contribution is 4.65. The van der Waals surface area contributed by atoms with Crippen molar-refractivity contribution in [3.05, 3.63) is 0 Å². The van der Waals surface area contributed by atoms with Crippen molar-refractivity contribution < 1.29 is 9.84 Å². The molecule has 0 aromatic rings. The zero-order valence-electron chi connectivity index (χ0n) is 5.29. The second kappa shape index (κ2) is 3.12. The number of rotatable bonds is 1. The van der Waals surface area contributed by atoms with Gasteiger partial charge in [0.05, 0.1) is 19.3 Å². The van der Waals surface area contributed by atoms with E-state index in [1.165, 1.54) is 0 Å². The average Bonchev–Trinajstić information content (AvgIpc) is 1.88. The Kier molecular flexibility index (Phi) is 2.41. The zero-order valence-corrected chi connectivity index (χ0v) is 5.29. The van der Waals surface area contributed by atoms with E-state index in [4.69, 9.17) is 15.7 Å². The third-order valence-corrected chi connectivity index (χ3v) is 1.37. The van der Waals surface area contributed by atoms with Crippen LogP contribution in [0.2, 0.25) is 0 Å². The van der Waals surface area contributed by atoms with Gasteiger partial charge in [0.2, 0.25) is 0 Å². The van der Waals surface area contributed by atoms with Crippen LogP contribution in [0.25, 0.3) is 0 Å². The minimum Gasteiger partial charge on any atom is -0.394 e. The number of aliphatic hydroxyl groups excluding tert-OH is 1. The molecule has 3 N–H and O–H groups in total. The molecule has 0 aromatic heterocycles. The second-order valence-corrected chi connectivity index (χ2v) is 2.17. The minimum atomic E-state index is -0.0799. The molecule has 1 rings (SSSR count). The van der Waals surface area contributed by atoms with Crippen molar-refractivity contribution in [2.75, 3.05) is 26.3 Å². The summed E-state index contributed by atoms with van der Waals surface area (Å²) >= 11 is 0. The molecular weight excluding hydrogens is 120 g/mol. The quantitative estimate of drug-likeness (QED) is 0.429. The Morgan fingerprint density at radius 1 is 1.78 bits per heavy atom. The van der Waals surface area contributed by atoms with Crippen LogP contribution in [0.3, 0.4) is 0 Å². The van der Waals surface area contributed by atoms with Crippen molar-refractivity contribution in [2.45, 2.75) is 6.10 Å². The van der Waals surface area contributed by atoms with Crippen LogP contribution in [0.5, 0.6) is 0 Å². The molecule has 1 aliphatic rings. The fourth-order valence-corrected chi connectivity index (χ4v) is 0.853. The third kappa shape index (κ3) is 1.91. The van der Waals surface area contributed by atoms with Gasteiger partial charge in [0, 0.05) is 13.1 Å². The summed E-state index contributed by atoms with van der Waals surface area (Å²) in [5.41, 5.74) is 0. The molecule has 54 valence electrons. The Bertz CT molecular complexity index is 89.0. The summed E-state index contributed by atoms with van der Waals surface area (Å²) < 4.78 is 5.13. The Morgan fingerprint density at radius 3 is 3.00 bits per heavy atom. The van der Waals surface area contributed by atoms with Gasteiger partial charge in [-0.05, 0) is 0 Å². The maximum Gasteiger partial charge on any atom is 0.0946 e. The maximum atomic E-state index is 8.60.